The van der Waals surface area contributed by atoms with Crippen LogP contribution in [0.4, 0.5) is 13.2 Å². The Bertz CT molecular complexity index is 170. The normalized spacial score (nSPS) is 26.5. The molecule has 0 aromatic carbocycles. The summed E-state index contributed by atoms with van der Waals surface area (Å²) < 4.78 is 40.2. The van der Waals surface area contributed by atoms with Gasteiger partial charge in [0.1, 0.15) is 4.99 Å². The van der Waals surface area contributed by atoms with Crippen LogP contribution in [0.3, 0.4) is 0 Å². The predicted molar refractivity (Wildman–Crippen MR) is 36.4 cm³/mol. The van der Waals surface area contributed by atoms with Crippen molar-refractivity contribution in [2.45, 2.75) is 12.3 Å². The van der Waals surface area contributed by atoms with Gasteiger partial charge in [-0.2, -0.15) is 13.2 Å². The Kier molecular flexibility index (Phi) is 2.34. The first-order valence-electron chi connectivity index (χ1n) is 2.98. The minimum absolute atomic E-state index is 0.0459. The van der Waals surface area contributed by atoms with Crippen LogP contribution in [0, 0.1) is 0 Å². The highest BCUT2D eigenvalue weighted by atomic mass is 32.1. The second-order valence-corrected chi connectivity index (χ2v) is 2.52. The Labute approximate surface area is 66.7 Å². The van der Waals surface area contributed by atoms with Crippen LogP contribution in [0.15, 0.2) is 0 Å². The van der Waals surface area contributed by atoms with Crippen molar-refractivity contribution in [1.29, 1.82) is 0 Å². The van der Waals surface area contributed by atoms with Crippen LogP contribution in [-0.2, 0) is 4.74 Å². The van der Waals surface area contributed by atoms with Crippen molar-refractivity contribution in [3.63, 3.8) is 0 Å². The summed E-state index contributed by atoms with van der Waals surface area (Å²) in [5.41, 5.74) is 0. The molecule has 0 radical (unpaired) electrons. The van der Waals surface area contributed by atoms with E-state index in [1.165, 1.54) is 0 Å². The Hall–Kier alpha value is -0.360. The van der Waals surface area contributed by atoms with Gasteiger partial charge in [0.05, 0.1) is 6.61 Å². The Morgan fingerprint density at radius 3 is 2.55 bits per heavy atom. The van der Waals surface area contributed by atoms with Crippen molar-refractivity contribution in [3.05, 3.63) is 0 Å². The quantitative estimate of drug-likeness (QED) is 0.566. The van der Waals surface area contributed by atoms with Gasteiger partial charge in [0.25, 0.3) is 0 Å². The molecular formula is C5H6F3NOS. The first-order chi connectivity index (χ1) is 5.02. The lowest BCUT2D eigenvalue weighted by Gasteiger charge is -2.26. The molecule has 64 valence electrons. The van der Waals surface area contributed by atoms with Crippen LogP contribution >= 0.6 is 12.2 Å². The number of hydrogen-bond acceptors (Lipinski definition) is 2. The minimum Gasteiger partial charge on any atom is -0.375 e. The highest BCUT2D eigenvalue weighted by molar-refractivity contribution is 7.80. The summed E-state index contributed by atoms with van der Waals surface area (Å²) in [4.78, 5) is -0.274. The molecule has 0 aromatic rings. The average Bonchev–Trinajstić information content (AvgIpc) is 1.86. The van der Waals surface area contributed by atoms with Gasteiger partial charge in [-0.1, -0.05) is 12.2 Å². The van der Waals surface area contributed by atoms with Gasteiger partial charge < -0.3 is 10.1 Å². The number of ether oxygens (including phenoxy) is 1. The second-order valence-electron chi connectivity index (χ2n) is 2.08. The third kappa shape index (κ3) is 2.03. The smallest absolute Gasteiger partial charge is 0.375 e. The summed E-state index contributed by atoms with van der Waals surface area (Å²) in [6.07, 6.45) is -6.30. The summed E-state index contributed by atoms with van der Waals surface area (Å²) in [7, 11) is 0. The molecule has 0 amide bonds. The zero-order valence-corrected chi connectivity index (χ0v) is 6.26. The number of thiocarbonyl (C=S) groups is 1. The van der Waals surface area contributed by atoms with Gasteiger partial charge in [-0.25, -0.2) is 0 Å². The summed E-state index contributed by atoms with van der Waals surface area (Å²) >= 11 is 4.42. The lowest BCUT2D eigenvalue weighted by Crippen LogP contribution is -2.50. The molecular weight excluding hydrogens is 179 g/mol. The Balaban J connectivity index is 2.62. The molecule has 6 heteroatoms. The highest BCUT2D eigenvalue weighted by Gasteiger charge is 2.44. The van der Waals surface area contributed by atoms with Gasteiger partial charge >= 0.3 is 6.18 Å². The van der Waals surface area contributed by atoms with E-state index in [0.29, 0.717) is 6.54 Å². The topological polar surface area (TPSA) is 21.3 Å². The SMILES string of the molecule is FC(F)(F)C1OCCNC1=S. The average molecular weight is 185 g/mol. The maximum absolute atomic E-state index is 11.9. The molecule has 11 heavy (non-hydrogen) atoms. The van der Waals surface area contributed by atoms with E-state index in [1.54, 1.807) is 0 Å². The van der Waals surface area contributed by atoms with E-state index in [0.717, 1.165) is 0 Å². The fourth-order valence-corrected chi connectivity index (χ4v) is 1.07. The minimum atomic E-state index is -4.38. The van der Waals surface area contributed by atoms with Crippen molar-refractivity contribution < 1.29 is 17.9 Å². The third-order valence-electron chi connectivity index (χ3n) is 1.22. The molecule has 1 saturated heterocycles. The van der Waals surface area contributed by atoms with E-state index < -0.39 is 12.3 Å². The van der Waals surface area contributed by atoms with Crippen molar-refractivity contribution in [2.24, 2.45) is 0 Å². The van der Waals surface area contributed by atoms with Crippen LogP contribution in [0.2, 0.25) is 0 Å². The van der Waals surface area contributed by atoms with Gasteiger partial charge in [0.2, 0.25) is 6.10 Å². The van der Waals surface area contributed by atoms with E-state index in [2.05, 4.69) is 22.3 Å². The van der Waals surface area contributed by atoms with Crippen LogP contribution in [0.25, 0.3) is 0 Å². The van der Waals surface area contributed by atoms with Crippen molar-refractivity contribution in [2.75, 3.05) is 13.2 Å². The monoisotopic (exact) mass is 185 g/mol. The van der Waals surface area contributed by atoms with Crippen molar-refractivity contribution >= 4 is 17.2 Å². The molecule has 1 unspecified atom stereocenters. The molecule has 0 spiro atoms. The number of alkyl halides is 3. The zero-order chi connectivity index (χ0) is 8.48. The molecule has 0 aromatic heterocycles. The van der Waals surface area contributed by atoms with Gasteiger partial charge in [-0.15, -0.1) is 0 Å². The van der Waals surface area contributed by atoms with Gasteiger partial charge in [0, 0.05) is 6.54 Å². The molecule has 0 aliphatic carbocycles. The molecule has 1 atom stereocenters. The number of hydrogen-bond donors (Lipinski definition) is 1. The first kappa shape index (κ1) is 8.73. The summed E-state index contributed by atoms with van der Waals surface area (Å²) in [5.74, 6) is 0. The maximum atomic E-state index is 11.9. The zero-order valence-electron chi connectivity index (χ0n) is 5.44. The highest BCUT2D eigenvalue weighted by Crippen LogP contribution is 2.24. The van der Waals surface area contributed by atoms with Gasteiger partial charge in [0.15, 0.2) is 0 Å². The number of rotatable bonds is 0. The molecule has 1 N–H and O–H groups in total. The molecule has 1 heterocycles. The van der Waals surface area contributed by atoms with Crippen molar-refractivity contribution in [1.82, 2.24) is 5.32 Å². The largest absolute Gasteiger partial charge is 0.421 e. The van der Waals surface area contributed by atoms with Crippen LogP contribution < -0.4 is 5.32 Å². The van der Waals surface area contributed by atoms with Gasteiger partial charge in [-0.3, -0.25) is 0 Å². The van der Waals surface area contributed by atoms with E-state index in [9.17, 15) is 13.2 Å². The second kappa shape index (κ2) is 2.94. The molecule has 1 rings (SSSR count). The standard InChI is InChI=1S/C5H6F3NOS/c6-5(7,8)3-4(11)9-1-2-10-3/h3H,1-2H2,(H,9,11). The molecule has 1 aliphatic heterocycles. The number of halogens is 3. The molecule has 0 bridgehead atoms. The maximum Gasteiger partial charge on any atom is 0.421 e. The summed E-state index contributed by atoms with van der Waals surface area (Å²) in [5, 5.41) is 2.43. The van der Waals surface area contributed by atoms with Gasteiger partial charge in [-0.05, 0) is 0 Å². The van der Waals surface area contributed by atoms with Crippen LogP contribution in [0.1, 0.15) is 0 Å². The number of morpholine rings is 1. The van der Waals surface area contributed by atoms with Crippen LogP contribution in [0.5, 0.6) is 0 Å². The lowest BCUT2D eigenvalue weighted by molar-refractivity contribution is -0.199. The van der Waals surface area contributed by atoms with E-state index >= 15 is 0 Å². The molecule has 0 saturated carbocycles. The van der Waals surface area contributed by atoms with Crippen molar-refractivity contribution in [3.8, 4) is 0 Å². The molecule has 1 aliphatic rings. The van der Waals surface area contributed by atoms with E-state index in [1.807, 2.05) is 0 Å². The summed E-state index contributed by atoms with van der Waals surface area (Å²) in [6, 6.07) is 0. The van der Waals surface area contributed by atoms with E-state index in [4.69, 9.17) is 0 Å². The van der Waals surface area contributed by atoms with Crippen LogP contribution in [-0.4, -0.2) is 30.4 Å². The lowest BCUT2D eigenvalue weighted by atomic mass is 10.3. The number of nitrogens with one attached hydrogen (secondary N) is 1. The van der Waals surface area contributed by atoms with E-state index in [-0.39, 0.29) is 11.6 Å². The molecule has 2 nitrogen and oxygen atoms in total. The predicted octanol–water partition coefficient (Wildman–Crippen LogP) is 0.864. The molecule has 1 fully saturated rings. The fraction of sp³-hybridized carbons (Fsp3) is 0.800. The summed E-state index contributed by atoms with van der Waals surface area (Å²) in [6.45, 7) is 0.399. The first-order valence-corrected chi connectivity index (χ1v) is 3.38. The third-order valence-corrected chi connectivity index (χ3v) is 1.58. The Morgan fingerprint density at radius 1 is 1.55 bits per heavy atom. The fourth-order valence-electron chi connectivity index (χ4n) is 0.763. The Morgan fingerprint density at radius 2 is 2.18 bits per heavy atom.